The van der Waals surface area contributed by atoms with E-state index in [1.165, 1.54) is 12.1 Å². The zero-order valence-electron chi connectivity index (χ0n) is 9.56. The van der Waals surface area contributed by atoms with Gasteiger partial charge in [-0.1, -0.05) is 25.6 Å². The fraction of sp³-hybridized carbons (Fsp3) is 0.231. The first-order chi connectivity index (χ1) is 7.56. The Labute approximate surface area is 125 Å². The van der Waals surface area contributed by atoms with E-state index < -0.39 is 11.6 Å². The Bertz CT molecular complexity index is 448. The predicted octanol–water partition coefficient (Wildman–Crippen LogP) is 3.25. The Morgan fingerprint density at radius 2 is 1.88 bits per heavy atom. The van der Waals surface area contributed by atoms with Crippen LogP contribution < -0.4 is 5.32 Å². The third-order valence-corrected chi connectivity index (χ3v) is 2.62. The summed E-state index contributed by atoms with van der Waals surface area (Å²) in [5, 5.41) is 3.01. The zero-order chi connectivity index (χ0) is 11.7. The third-order valence-electron chi connectivity index (χ3n) is 2.62. The largest absolute Gasteiger partial charge is 0.393 e. The molecule has 0 spiro atoms. The van der Waals surface area contributed by atoms with Gasteiger partial charge in [0.05, 0.1) is 0 Å². The van der Waals surface area contributed by atoms with Gasteiger partial charge < -0.3 is 5.32 Å². The maximum absolute atomic E-state index is 13.0. The molecule has 2 rings (SSSR count). The maximum Gasteiger partial charge on any atom is 0.109 e. The van der Waals surface area contributed by atoms with Gasteiger partial charge in [-0.05, 0) is 5.92 Å². The Kier molecular flexibility index (Phi) is 5.02. The number of hydrogen-bond acceptors (Lipinski definition) is 1. The minimum Gasteiger partial charge on any atom is -0.393 e. The van der Waals surface area contributed by atoms with Crippen LogP contribution in [0.5, 0.6) is 0 Å². The van der Waals surface area contributed by atoms with Gasteiger partial charge in [-0.25, -0.2) is 14.9 Å². The molecule has 0 aromatic heterocycles. The van der Waals surface area contributed by atoms with Gasteiger partial charge in [0.1, 0.15) is 11.6 Å². The molecule has 1 heterocycles. The Morgan fingerprint density at radius 3 is 2.41 bits per heavy atom. The molecule has 0 saturated carbocycles. The average Bonchev–Trinajstić information content (AvgIpc) is 2.20. The van der Waals surface area contributed by atoms with Crippen LogP contribution in [0, 0.1) is 23.6 Å². The van der Waals surface area contributed by atoms with Crippen molar-refractivity contribution in [3.05, 3.63) is 53.7 Å². The van der Waals surface area contributed by atoms with E-state index in [1.807, 2.05) is 6.92 Å². The number of nitrogens with one attached hydrogen (secondary N) is 1. The smallest absolute Gasteiger partial charge is 0.109 e. The van der Waals surface area contributed by atoms with Crippen LogP contribution >= 0.6 is 0 Å². The van der Waals surface area contributed by atoms with E-state index >= 15 is 0 Å². The summed E-state index contributed by atoms with van der Waals surface area (Å²) in [7, 11) is 0. The van der Waals surface area contributed by atoms with Crippen molar-refractivity contribution >= 4 is 5.70 Å². The molecule has 4 heteroatoms. The zero-order valence-corrected chi connectivity index (χ0v) is 12.4. The first-order valence-corrected chi connectivity index (χ1v) is 5.09. The molecule has 1 radical (unpaired) electrons. The number of rotatable bonds is 1. The topological polar surface area (TPSA) is 12.0 Å². The second-order valence-corrected chi connectivity index (χ2v) is 3.97. The van der Waals surface area contributed by atoms with Crippen molar-refractivity contribution < 1.29 is 41.5 Å². The Morgan fingerprint density at radius 1 is 1.29 bits per heavy atom. The van der Waals surface area contributed by atoms with Gasteiger partial charge in [0.15, 0.2) is 0 Å². The summed E-state index contributed by atoms with van der Waals surface area (Å²) in [4.78, 5) is 0. The van der Waals surface area contributed by atoms with E-state index in [1.54, 1.807) is 0 Å². The van der Waals surface area contributed by atoms with E-state index in [9.17, 15) is 8.78 Å². The van der Waals surface area contributed by atoms with Crippen molar-refractivity contribution in [1.29, 1.82) is 0 Å². The molecule has 1 unspecified atom stereocenters. The van der Waals surface area contributed by atoms with Crippen molar-refractivity contribution in [3.63, 3.8) is 0 Å². The summed E-state index contributed by atoms with van der Waals surface area (Å²) in [5.74, 6) is -0.882. The number of allylic oxidation sites excluding steroid dienone is 2. The van der Waals surface area contributed by atoms with Gasteiger partial charge in [0, 0.05) is 44.5 Å². The normalized spacial score (nSPS) is 19.1. The molecule has 1 atom stereocenters. The molecule has 17 heavy (non-hydrogen) atoms. The van der Waals surface area contributed by atoms with Gasteiger partial charge in [-0.2, -0.15) is 0 Å². The standard InChI is InChI=1S/C13H12F2N.Y/c1-8-3-4-13(16-9(8)2)10-5-11(14)7-12(15)6-10;/h5-8,16H,2-3H2,1H3;/q-1;. The van der Waals surface area contributed by atoms with Crippen molar-refractivity contribution in [3.8, 4) is 0 Å². The van der Waals surface area contributed by atoms with Crippen LogP contribution in [0.4, 0.5) is 8.78 Å². The van der Waals surface area contributed by atoms with Crippen molar-refractivity contribution in [2.24, 2.45) is 5.92 Å². The SMILES string of the molecule is C=C1NC(c2cc(F)cc(F)c2)=[C-]CC1C.[Y]. The van der Waals surface area contributed by atoms with Gasteiger partial charge in [-0.15, -0.1) is 17.7 Å². The van der Waals surface area contributed by atoms with E-state index in [4.69, 9.17) is 0 Å². The fourth-order valence-electron chi connectivity index (χ4n) is 1.58. The van der Waals surface area contributed by atoms with Gasteiger partial charge in [-0.3, -0.25) is 0 Å². The minimum absolute atomic E-state index is 0. The van der Waals surface area contributed by atoms with Crippen molar-refractivity contribution in [2.45, 2.75) is 13.3 Å². The van der Waals surface area contributed by atoms with Crippen LogP contribution in [0.2, 0.25) is 0 Å². The molecular formula is C13H12F2NY-. The molecule has 1 N–H and O–H groups in total. The van der Waals surface area contributed by atoms with Crippen LogP contribution in [-0.4, -0.2) is 0 Å². The molecule has 1 nitrogen and oxygen atoms in total. The van der Waals surface area contributed by atoms with Crippen LogP contribution in [-0.2, 0) is 32.7 Å². The number of hydrogen-bond donors (Lipinski definition) is 1. The number of halogens is 2. The summed E-state index contributed by atoms with van der Waals surface area (Å²) in [6.07, 6.45) is 3.79. The van der Waals surface area contributed by atoms with Crippen LogP contribution in [0.25, 0.3) is 5.70 Å². The molecule has 0 saturated heterocycles. The monoisotopic (exact) mass is 309 g/mol. The minimum atomic E-state index is -0.588. The van der Waals surface area contributed by atoms with Gasteiger partial charge in [0.25, 0.3) is 0 Å². The van der Waals surface area contributed by atoms with Crippen molar-refractivity contribution in [2.75, 3.05) is 0 Å². The van der Waals surface area contributed by atoms with E-state index in [-0.39, 0.29) is 32.7 Å². The molecule has 1 aliphatic rings. The molecule has 0 aliphatic carbocycles. The summed E-state index contributed by atoms with van der Waals surface area (Å²) in [6.45, 7) is 5.88. The summed E-state index contributed by atoms with van der Waals surface area (Å²) in [6, 6.07) is 3.41. The maximum atomic E-state index is 13.0. The predicted molar refractivity (Wildman–Crippen MR) is 59.1 cm³/mol. The van der Waals surface area contributed by atoms with E-state index in [2.05, 4.69) is 18.0 Å². The Balaban J connectivity index is 0.00000144. The molecule has 0 fully saturated rings. The van der Waals surface area contributed by atoms with Crippen molar-refractivity contribution in [1.82, 2.24) is 5.32 Å². The van der Waals surface area contributed by atoms with E-state index in [0.717, 1.165) is 11.8 Å². The first kappa shape index (κ1) is 14.5. The molecule has 87 valence electrons. The van der Waals surface area contributed by atoms with Crippen LogP contribution in [0.3, 0.4) is 0 Å². The third kappa shape index (κ3) is 3.46. The molecule has 0 bridgehead atoms. The second kappa shape index (κ2) is 5.88. The first-order valence-electron chi connectivity index (χ1n) is 5.09. The average molecular weight is 309 g/mol. The van der Waals surface area contributed by atoms with E-state index in [0.29, 0.717) is 23.6 Å². The van der Waals surface area contributed by atoms with Gasteiger partial charge in [0.2, 0.25) is 0 Å². The quantitative estimate of drug-likeness (QED) is 0.785. The summed E-state index contributed by atoms with van der Waals surface area (Å²) < 4.78 is 26.1. The second-order valence-electron chi connectivity index (χ2n) is 3.97. The summed E-state index contributed by atoms with van der Waals surface area (Å²) >= 11 is 0. The molecule has 1 aromatic carbocycles. The summed E-state index contributed by atoms with van der Waals surface area (Å²) in [5.41, 5.74) is 1.91. The molecular weight excluding hydrogens is 297 g/mol. The number of benzene rings is 1. The fourth-order valence-corrected chi connectivity index (χ4v) is 1.58. The Hall–Kier alpha value is -0.536. The molecule has 1 aliphatic heterocycles. The molecule has 0 amide bonds. The van der Waals surface area contributed by atoms with Gasteiger partial charge >= 0.3 is 0 Å². The van der Waals surface area contributed by atoms with Crippen LogP contribution in [0.15, 0.2) is 30.5 Å². The molecule has 1 aromatic rings. The van der Waals surface area contributed by atoms with Crippen LogP contribution in [0.1, 0.15) is 18.9 Å².